The third-order valence-electron chi connectivity index (χ3n) is 2.18. The number of nitrogens with two attached hydrogens (primary N) is 1. The van der Waals surface area contributed by atoms with Gasteiger partial charge in [0.2, 0.25) is 5.88 Å². The zero-order valence-corrected chi connectivity index (χ0v) is 9.37. The summed E-state index contributed by atoms with van der Waals surface area (Å²) in [5.74, 6) is -0.725. The first kappa shape index (κ1) is 13.1. The van der Waals surface area contributed by atoms with Gasteiger partial charge >= 0.3 is 5.97 Å². The minimum absolute atomic E-state index is 0.0469. The van der Waals surface area contributed by atoms with Crippen LogP contribution in [0.3, 0.4) is 0 Å². The van der Waals surface area contributed by atoms with E-state index in [9.17, 15) is 13.6 Å². The molecular formula is C10H12F2N2O3. The molecule has 1 aromatic heterocycles. The lowest BCUT2D eigenvalue weighted by Crippen LogP contribution is -2.11. The number of carbonyl (C=O) groups excluding carboxylic acids is 1. The molecule has 0 radical (unpaired) electrons. The summed E-state index contributed by atoms with van der Waals surface area (Å²) in [6.45, 7) is 0. The molecule has 0 spiro atoms. The zero-order valence-electron chi connectivity index (χ0n) is 9.37. The van der Waals surface area contributed by atoms with E-state index in [2.05, 4.69) is 9.72 Å². The van der Waals surface area contributed by atoms with Crippen molar-refractivity contribution in [2.45, 2.75) is 12.8 Å². The number of alkyl halides is 2. The third kappa shape index (κ3) is 2.80. The number of ether oxygens (including phenoxy) is 2. The number of esters is 1. The molecule has 94 valence electrons. The molecule has 1 heterocycles. The Bertz CT molecular complexity index is 424. The number of pyridine rings is 1. The summed E-state index contributed by atoms with van der Waals surface area (Å²) in [5, 5.41) is 0. The Morgan fingerprint density at radius 3 is 2.65 bits per heavy atom. The molecule has 7 heteroatoms. The monoisotopic (exact) mass is 246 g/mol. The summed E-state index contributed by atoms with van der Waals surface area (Å²) in [4.78, 5) is 14.9. The molecule has 0 fully saturated rings. The van der Waals surface area contributed by atoms with E-state index >= 15 is 0 Å². The van der Waals surface area contributed by atoms with Crippen molar-refractivity contribution in [2.24, 2.45) is 0 Å². The Balaban J connectivity index is 3.29. The molecule has 0 aliphatic carbocycles. The van der Waals surface area contributed by atoms with Crippen molar-refractivity contribution in [2.75, 3.05) is 20.0 Å². The maximum atomic E-state index is 12.8. The second-order valence-corrected chi connectivity index (χ2v) is 3.17. The second-order valence-electron chi connectivity index (χ2n) is 3.17. The highest BCUT2D eigenvalue weighted by atomic mass is 19.3. The average molecular weight is 246 g/mol. The molecule has 0 saturated heterocycles. The lowest BCUT2D eigenvalue weighted by atomic mass is 10.1. The standard InChI is InChI=1S/C10H12F2N2O3/c1-16-7(15)3-5-8(9(11)12)6(13)4-14-10(5)17-2/h4,9H,3,13H2,1-2H3. The summed E-state index contributed by atoms with van der Waals surface area (Å²) in [6.07, 6.45) is -2.11. The molecule has 0 aromatic carbocycles. The molecule has 0 amide bonds. The molecule has 1 aromatic rings. The van der Waals surface area contributed by atoms with Crippen LogP contribution in [0.1, 0.15) is 17.6 Å². The molecule has 0 saturated carbocycles. The first-order valence-corrected chi connectivity index (χ1v) is 4.67. The molecule has 2 N–H and O–H groups in total. The van der Waals surface area contributed by atoms with Crippen molar-refractivity contribution in [1.82, 2.24) is 4.98 Å². The Labute approximate surface area is 96.5 Å². The largest absolute Gasteiger partial charge is 0.481 e. The second kappa shape index (κ2) is 5.42. The Morgan fingerprint density at radius 1 is 1.53 bits per heavy atom. The number of hydrogen-bond acceptors (Lipinski definition) is 5. The lowest BCUT2D eigenvalue weighted by molar-refractivity contribution is -0.139. The molecule has 1 rings (SSSR count). The van der Waals surface area contributed by atoms with Gasteiger partial charge in [0, 0.05) is 5.56 Å². The van der Waals surface area contributed by atoms with E-state index in [-0.39, 0.29) is 23.6 Å². The van der Waals surface area contributed by atoms with E-state index in [0.717, 1.165) is 13.3 Å². The molecule has 17 heavy (non-hydrogen) atoms. The quantitative estimate of drug-likeness (QED) is 0.811. The Morgan fingerprint density at radius 2 is 2.18 bits per heavy atom. The van der Waals surface area contributed by atoms with E-state index in [1.165, 1.54) is 7.11 Å². The van der Waals surface area contributed by atoms with Crippen LogP contribution in [-0.4, -0.2) is 25.2 Å². The normalized spacial score (nSPS) is 10.4. The predicted octanol–water partition coefficient (Wildman–Crippen LogP) is 1.33. The van der Waals surface area contributed by atoms with Crippen molar-refractivity contribution in [3.05, 3.63) is 17.3 Å². The SMILES string of the molecule is COC(=O)Cc1c(OC)ncc(N)c1C(F)F. The summed E-state index contributed by atoms with van der Waals surface area (Å²) in [7, 11) is 2.44. The fourth-order valence-electron chi connectivity index (χ4n) is 1.39. The van der Waals surface area contributed by atoms with Gasteiger partial charge in [-0.2, -0.15) is 0 Å². The minimum atomic E-state index is -2.81. The van der Waals surface area contributed by atoms with E-state index in [1.54, 1.807) is 0 Å². The zero-order chi connectivity index (χ0) is 13.0. The van der Waals surface area contributed by atoms with Crippen LogP contribution in [0.4, 0.5) is 14.5 Å². The van der Waals surface area contributed by atoms with Crippen LogP contribution in [0.2, 0.25) is 0 Å². The van der Waals surface area contributed by atoms with E-state index in [1.807, 2.05) is 0 Å². The molecular weight excluding hydrogens is 234 g/mol. The van der Waals surface area contributed by atoms with Gasteiger partial charge in [-0.25, -0.2) is 13.8 Å². The highest BCUT2D eigenvalue weighted by Crippen LogP contribution is 2.33. The van der Waals surface area contributed by atoms with E-state index < -0.39 is 18.0 Å². The lowest BCUT2D eigenvalue weighted by Gasteiger charge is -2.13. The molecule has 0 unspecified atom stereocenters. The van der Waals surface area contributed by atoms with Crippen molar-refractivity contribution in [1.29, 1.82) is 0 Å². The first-order valence-electron chi connectivity index (χ1n) is 4.67. The van der Waals surface area contributed by atoms with Gasteiger partial charge in [0.25, 0.3) is 6.43 Å². The van der Waals surface area contributed by atoms with Crippen molar-refractivity contribution >= 4 is 11.7 Å². The van der Waals surface area contributed by atoms with Crippen LogP contribution in [0, 0.1) is 0 Å². The number of halogens is 2. The van der Waals surface area contributed by atoms with Gasteiger partial charge < -0.3 is 15.2 Å². The van der Waals surface area contributed by atoms with Gasteiger partial charge in [0.1, 0.15) is 0 Å². The van der Waals surface area contributed by atoms with Gasteiger partial charge in [-0.3, -0.25) is 4.79 Å². The van der Waals surface area contributed by atoms with Crippen LogP contribution in [-0.2, 0) is 16.0 Å². The number of anilines is 1. The number of rotatable bonds is 4. The number of aromatic nitrogens is 1. The van der Waals surface area contributed by atoms with Crippen LogP contribution in [0.15, 0.2) is 6.20 Å². The smallest absolute Gasteiger partial charge is 0.310 e. The Hall–Kier alpha value is -1.92. The summed E-state index contributed by atoms with van der Waals surface area (Å²) < 4.78 is 34.9. The fraction of sp³-hybridized carbons (Fsp3) is 0.400. The maximum absolute atomic E-state index is 12.8. The van der Waals surface area contributed by atoms with Crippen LogP contribution < -0.4 is 10.5 Å². The highest BCUT2D eigenvalue weighted by Gasteiger charge is 2.23. The van der Waals surface area contributed by atoms with Gasteiger partial charge in [0.05, 0.1) is 38.1 Å². The summed E-state index contributed by atoms with van der Waals surface area (Å²) >= 11 is 0. The molecule has 5 nitrogen and oxygen atoms in total. The summed E-state index contributed by atoms with van der Waals surface area (Å²) in [6, 6.07) is 0. The summed E-state index contributed by atoms with van der Waals surface area (Å²) in [5.41, 5.74) is 4.74. The van der Waals surface area contributed by atoms with Crippen LogP contribution in [0.25, 0.3) is 0 Å². The molecule has 0 aliphatic heterocycles. The maximum Gasteiger partial charge on any atom is 0.310 e. The van der Waals surface area contributed by atoms with Gasteiger partial charge in [-0.15, -0.1) is 0 Å². The number of nitrogen functional groups attached to an aromatic ring is 1. The number of carbonyl (C=O) groups is 1. The average Bonchev–Trinajstić information content (AvgIpc) is 2.28. The van der Waals surface area contributed by atoms with E-state index in [4.69, 9.17) is 10.5 Å². The van der Waals surface area contributed by atoms with E-state index in [0.29, 0.717) is 0 Å². The predicted molar refractivity (Wildman–Crippen MR) is 55.9 cm³/mol. The van der Waals surface area contributed by atoms with Gasteiger partial charge in [0.15, 0.2) is 0 Å². The Kier molecular flexibility index (Phi) is 4.19. The van der Waals surface area contributed by atoms with Crippen molar-refractivity contribution in [3.63, 3.8) is 0 Å². The van der Waals surface area contributed by atoms with Gasteiger partial charge in [-0.1, -0.05) is 0 Å². The van der Waals surface area contributed by atoms with Crippen LogP contribution in [0.5, 0.6) is 5.88 Å². The van der Waals surface area contributed by atoms with Crippen molar-refractivity contribution in [3.8, 4) is 5.88 Å². The number of hydrogen-bond donors (Lipinski definition) is 1. The number of nitrogens with zero attached hydrogens (tertiary/aromatic N) is 1. The topological polar surface area (TPSA) is 74.4 Å². The minimum Gasteiger partial charge on any atom is -0.481 e. The molecule has 0 atom stereocenters. The third-order valence-corrected chi connectivity index (χ3v) is 2.18. The van der Waals surface area contributed by atoms with Gasteiger partial charge in [-0.05, 0) is 0 Å². The first-order chi connectivity index (χ1) is 8.01. The van der Waals surface area contributed by atoms with Crippen LogP contribution >= 0.6 is 0 Å². The highest BCUT2D eigenvalue weighted by molar-refractivity contribution is 5.75. The molecule has 0 bridgehead atoms. The van der Waals surface area contributed by atoms with Crippen molar-refractivity contribution < 1.29 is 23.0 Å². The fourth-order valence-corrected chi connectivity index (χ4v) is 1.39. The molecule has 0 aliphatic rings. The number of methoxy groups -OCH3 is 2.